The molecule has 1 heterocycles. The zero-order valence-corrected chi connectivity index (χ0v) is 12.8. The minimum atomic E-state index is 0.350. The molecule has 5 heteroatoms. The summed E-state index contributed by atoms with van der Waals surface area (Å²) in [6.07, 6.45) is 0. The van der Waals surface area contributed by atoms with Gasteiger partial charge in [0.05, 0.1) is 11.4 Å². The summed E-state index contributed by atoms with van der Waals surface area (Å²) in [5, 5.41) is 1.55. The molecular weight excluding hydrogens is 305 g/mol. The molecule has 0 amide bonds. The summed E-state index contributed by atoms with van der Waals surface area (Å²) in [6.45, 7) is 3.98. The van der Waals surface area contributed by atoms with Crippen LogP contribution in [0.4, 0.5) is 0 Å². The monoisotopic (exact) mass is 315 g/mol. The van der Waals surface area contributed by atoms with Gasteiger partial charge in [-0.05, 0) is 31.5 Å². The molecule has 0 saturated heterocycles. The number of aryl methyl sites for hydroxylation is 2. The van der Waals surface area contributed by atoms with Crippen LogP contribution in [-0.2, 0) is 6.61 Å². The smallest absolute Gasteiger partial charge is 0.160 e. The van der Waals surface area contributed by atoms with Crippen molar-refractivity contribution in [3.63, 3.8) is 0 Å². The van der Waals surface area contributed by atoms with Crippen molar-refractivity contribution < 1.29 is 4.74 Å². The van der Waals surface area contributed by atoms with Gasteiger partial charge >= 0.3 is 0 Å². The Labute approximate surface area is 127 Å². The second-order valence-corrected chi connectivity index (χ2v) is 5.35. The first-order valence-corrected chi connectivity index (χ1v) is 6.82. The van der Waals surface area contributed by atoms with Gasteiger partial charge in [0, 0.05) is 5.02 Å². The Hall–Kier alpha value is -0.960. The van der Waals surface area contributed by atoms with Gasteiger partial charge < -0.3 is 4.74 Å². The Balaban J connectivity index is 2.25. The summed E-state index contributed by atoms with van der Waals surface area (Å²) < 4.78 is 5.71. The van der Waals surface area contributed by atoms with E-state index in [1.807, 2.05) is 38.1 Å². The van der Waals surface area contributed by atoms with Gasteiger partial charge in [0.15, 0.2) is 5.75 Å². The average molecular weight is 317 g/mol. The van der Waals surface area contributed by atoms with Crippen LogP contribution in [-0.4, -0.2) is 4.98 Å². The fourth-order valence-corrected chi connectivity index (χ4v) is 2.33. The number of benzene rings is 1. The summed E-state index contributed by atoms with van der Waals surface area (Å²) in [5.41, 5.74) is 2.35. The van der Waals surface area contributed by atoms with E-state index in [0.717, 1.165) is 5.56 Å². The Morgan fingerprint density at radius 2 is 1.68 bits per heavy atom. The van der Waals surface area contributed by atoms with Gasteiger partial charge in [0.2, 0.25) is 0 Å². The fraction of sp³-hybridized carbons (Fsp3) is 0.214. The van der Waals surface area contributed by atoms with E-state index in [9.17, 15) is 0 Å². The van der Waals surface area contributed by atoms with E-state index in [2.05, 4.69) is 4.98 Å². The molecule has 0 bridgehead atoms. The van der Waals surface area contributed by atoms with Gasteiger partial charge in [-0.15, -0.1) is 0 Å². The average Bonchev–Trinajstić information content (AvgIpc) is 2.36. The highest BCUT2D eigenvalue weighted by Gasteiger charge is 2.14. The Kier molecular flexibility index (Phi) is 4.56. The molecule has 0 atom stereocenters. The summed E-state index contributed by atoms with van der Waals surface area (Å²) in [6, 6.07) is 7.44. The third kappa shape index (κ3) is 3.33. The number of aromatic nitrogens is 1. The molecule has 2 nitrogen and oxygen atoms in total. The molecule has 0 N–H and O–H groups in total. The predicted molar refractivity (Wildman–Crippen MR) is 79.5 cm³/mol. The van der Waals surface area contributed by atoms with E-state index in [1.54, 1.807) is 0 Å². The van der Waals surface area contributed by atoms with Crippen LogP contribution in [0.15, 0.2) is 24.3 Å². The summed E-state index contributed by atoms with van der Waals surface area (Å²) in [4.78, 5) is 4.24. The first kappa shape index (κ1) is 14.4. The highest BCUT2D eigenvalue weighted by molar-refractivity contribution is 6.37. The number of halogens is 3. The van der Waals surface area contributed by atoms with Crippen LogP contribution in [0.2, 0.25) is 15.1 Å². The largest absolute Gasteiger partial charge is 0.486 e. The number of pyridine rings is 1. The minimum absolute atomic E-state index is 0.350. The van der Waals surface area contributed by atoms with E-state index < -0.39 is 0 Å². The SMILES string of the molecule is Cc1nc(C)c(Cl)c(OCc2cccc(Cl)c2)c1Cl. The third-order valence-corrected chi connectivity index (χ3v) is 3.77. The van der Waals surface area contributed by atoms with Crippen molar-refractivity contribution in [3.8, 4) is 5.75 Å². The van der Waals surface area contributed by atoms with Gasteiger partial charge in [-0.25, -0.2) is 0 Å². The number of ether oxygens (including phenoxy) is 1. The van der Waals surface area contributed by atoms with Gasteiger partial charge in [-0.1, -0.05) is 46.9 Å². The van der Waals surface area contributed by atoms with E-state index >= 15 is 0 Å². The van der Waals surface area contributed by atoms with Gasteiger partial charge in [0.1, 0.15) is 16.7 Å². The Morgan fingerprint density at radius 3 is 2.26 bits per heavy atom. The lowest BCUT2D eigenvalue weighted by atomic mass is 10.2. The number of hydrogen-bond donors (Lipinski definition) is 0. The standard InChI is InChI=1S/C14H12Cl3NO/c1-8-12(16)14(13(17)9(2)18-8)19-7-10-4-3-5-11(15)6-10/h3-6H,7H2,1-2H3. The highest BCUT2D eigenvalue weighted by atomic mass is 35.5. The van der Waals surface area contributed by atoms with Crippen LogP contribution >= 0.6 is 34.8 Å². The van der Waals surface area contributed by atoms with Crippen LogP contribution in [0.1, 0.15) is 17.0 Å². The van der Waals surface area contributed by atoms with Crippen LogP contribution in [0, 0.1) is 13.8 Å². The number of rotatable bonds is 3. The Bertz CT molecular complexity index is 588. The van der Waals surface area contributed by atoms with Crippen molar-refractivity contribution in [3.05, 3.63) is 56.3 Å². The molecule has 1 aromatic carbocycles. The molecule has 2 rings (SSSR count). The minimum Gasteiger partial charge on any atom is -0.486 e. The lowest BCUT2D eigenvalue weighted by Crippen LogP contribution is -2.00. The molecule has 0 aliphatic carbocycles. The van der Waals surface area contributed by atoms with Crippen LogP contribution in [0.5, 0.6) is 5.75 Å². The van der Waals surface area contributed by atoms with Crippen molar-refractivity contribution in [1.82, 2.24) is 4.98 Å². The van der Waals surface area contributed by atoms with Crippen molar-refractivity contribution in [2.24, 2.45) is 0 Å². The second kappa shape index (κ2) is 6.00. The second-order valence-electron chi connectivity index (χ2n) is 4.16. The fourth-order valence-electron chi connectivity index (χ4n) is 1.68. The molecule has 1 aromatic heterocycles. The molecule has 2 aromatic rings. The molecule has 19 heavy (non-hydrogen) atoms. The van der Waals surface area contributed by atoms with Crippen LogP contribution in [0.25, 0.3) is 0 Å². The molecule has 100 valence electrons. The molecular formula is C14H12Cl3NO. The quantitative estimate of drug-likeness (QED) is 0.772. The van der Waals surface area contributed by atoms with E-state index in [0.29, 0.717) is 38.8 Å². The number of nitrogens with zero attached hydrogens (tertiary/aromatic N) is 1. The molecule has 0 spiro atoms. The molecule has 0 aliphatic rings. The highest BCUT2D eigenvalue weighted by Crippen LogP contribution is 2.36. The lowest BCUT2D eigenvalue weighted by molar-refractivity contribution is 0.306. The van der Waals surface area contributed by atoms with Crippen molar-refractivity contribution in [1.29, 1.82) is 0 Å². The third-order valence-electron chi connectivity index (χ3n) is 2.64. The molecule has 0 fully saturated rings. The maximum Gasteiger partial charge on any atom is 0.160 e. The van der Waals surface area contributed by atoms with E-state index in [-0.39, 0.29) is 0 Å². The van der Waals surface area contributed by atoms with Crippen molar-refractivity contribution >= 4 is 34.8 Å². The first-order chi connectivity index (χ1) is 8.99. The van der Waals surface area contributed by atoms with Crippen molar-refractivity contribution in [2.75, 3.05) is 0 Å². The maximum atomic E-state index is 6.17. The van der Waals surface area contributed by atoms with Crippen LogP contribution in [0.3, 0.4) is 0 Å². The summed E-state index contributed by atoms with van der Waals surface area (Å²) in [7, 11) is 0. The maximum absolute atomic E-state index is 6.17. The summed E-state index contributed by atoms with van der Waals surface area (Å²) >= 11 is 18.3. The Morgan fingerprint density at radius 1 is 1.05 bits per heavy atom. The summed E-state index contributed by atoms with van der Waals surface area (Å²) in [5.74, 6) is 0.466. The van der Waals surface area contributed by atoms with Crippen LogP contribution < -0.4 is 4.74 Å². The zero-order valence-electron chi connectivity index (χ0n) is 10.5. The molecule has 0 aliphatic heterocycles. The van der Waals surface area contributed by atoms with E-state index in [4.69, 9.17) is 39.5 Å². The lowest BCUT2D eigenvalue weighted by Gasteiger charge is -2.13. The molecule has 0 unspecified atom stereocenters. The van der Waals surface area contributed by atoms with E-state index in [1.165, 1.54) is 0 Å². The predicted octanol–water partition coefficient (Wildman–Crippen LogP) is 5.24. The van der Waals surface area contributed by atoms with Gasteiger partial charge in [-0.3, -0.25) is 4.98 Å². The first-order valence-electron chi connectivity index (χ1n) is 5.68. The van der Waals surface area contributed by atoms with Crippen molar-refractivity contribution in [2.45, 2.75) is 20.5 Å². The molecule has 0 radical (unpaired) electrons. The van der Waals surface area contributed by atoms with Gasteiger partial charge in [0.25, 0.3) is 0 Å². The topological polar surface area (TPSA) is 22.1 Å². The zero-order chi connectivity index (χ0) is 14.0. The number of hydrogen-bond acceptors (Lipinski definition) is 2. The molecule has 0 saturated carbocycles. The normalized spacial score (nSPS) is 10.6. The van der Waals surface area contributed by atoms with Gasteiger partial charge in [-0.2, -0.15) is 0 Å².